The summed E-state index contributed by atoms with van der Waals surface area (Å²) in [4.78, 5) is 4.38. The Bertz CT molecular complexity index is 513. The highest BCUT2D eigenvalue weighted by Crippen LogP contribution is 2.25. The lowest BCUT2D eigenvalue weighted by atomic mass is 10.1. The fraction of sp³-hybridized carbons (Fsp3) is 0.273. The van der Waals surface area contributed by atoms with E-state index < -0.39 is 0 Å². The molecular formula is C11H11BrClN3O. The number of hydrogen-bond donors (Lipinski definition) is 1. The van der Waals surface area contributed by atoms with Crippen molar-refractivity contribution in [3.63, 3.8) is 0 Å². The van der Waals surface area contributed by atoms with E-state index in [1.54, 1.807) is 0 Å². The largest absolute Gasteiger partial charge is 0.337 e. The number of nitrogens with one attached hydrogen (secondary N) is 1. The topological polar surface area (TPSA) is 51.0 Å². The Morgan fingerprint density at radius 3 is 2.88 bits per heavy atom. The summed E-state index contributed by atoms with van der Waals surface area (Å²) in [6, 6.07) is 8.11. The zero-order valence-corrected chi connectivity index (χ0v) is 11.3. The highest BCUT2D eigenvalue weighted by atomic mass is 79.9. The molecule has 0 spiro atoms. The van der Waals surface area contributed by atoms with Gasteiger partial charge in [-0.2, -0.15) is 4.98 Å². The van der Waals surface area contributed by atoms with Crippen molar-refractivity contribution in [2.75, 3.05) is 6.54 Å². The first-order valence-electron chi connectivity index (χ1n) is 5.16. The molecule has 0 unspecified atom stereocenters. The first-order valence-corrected chi connectivity index (χ1v) is 5.95. The minimum Gasteiger partial charge on any atom is -0.337 e. The number of rotatable bonds is 2. The lowest BCUT2D eigenvalue weighted by Gasteiger charge is -2.23. The molecule has 0 radical (unpaired) electrons. The number of halogens is 2. The first kappa shape index (κ1) is 12.5. The van der Waals surface area contributed by atoms with Crippen molar-refractivity contribution in [2.24, 2.45) is 0 Å². The summed E-state index contributed by atoms with van der Waals surface area (Å²) < 4.78 is 6.24. The maximum absolute atomic E-state index is 5.22. The summed E-state index contributed by atoms with van der Waals surface area (Å²) in [6.45, 7) is 1.03. The van der Waals surface area contributed by atoms with Gasteiger partial charge < -0.3 is 9.84 Å². The second kappa shape index (κ2) is 5.16. The number of nitrogens with zero attached hydrogens (tertiary/aromatic N) is 2. The molecule has 4 nitrogen and oxygen atoms in total. The third kappa shape index (κ3) is 2.51. The first-order chi connectivity index (χ1) is 7.83. The third-order valence-electron chi connectivity index (χ3n) is 2.65. The molecule has 1 aliphatic heterocycles. The fourth-order valence-electron chi connectivity index (χ4n) is 1.62. The Hall–Kier alpha value is -0.910. The van der Waals surface area contributed by atoms with E-state index in [0.717, 1.165) is 23.0 Å². The SMILES string of the molecule is Brc1cccc(-c2noc([C@H]3CCN3)n2)c1.Cl. The Morgan fingerprint density at radius 2 is 2.24 bits per heavy atom. The van der Waals surface area contributed by atoms with E-state index in [1.165, 1.54) is 0 Å². The molecule has 1 fully saturated rings. The summed E-state index contributed by atoms with van der Waals surface area (Å²) in [5, 5.41) is 7.22. The van der Waals surface area contributed by atoms with E-state index in [-0.39, 0.29) is 18.4 Å². The number of hydrogen-bond acceptors (Lipinski definition) is 4. The van der Waals surface area contributed by atoms with Crippen LogP contribution in [0.1, 0.15) is 18.4 Å². The highest BCUT2D eigenvalue weighted by molar-refractivity contribution is 9.10. The minimum absolute atomic E-state index is 0. The van der Waals surface area contributed by atoms with E-state index in [4.69, 9.17) is 4.52 Å². The van der Waals surface area contributed by atoms with Crippen molar-refractivity contribution >= 4 is 28.3 Å². The van der Waals surface area contributed by atoms with Gasteiger partial charge in [0.2, 0.25) is 11.7 Å². The molecule has 1 atom stereocenters. The summed E-state index contributed by atoms with van der Waals surface area (Å²) in [6.07, 6.45) is 1.07. The van der Waals surface area contributed by atoms with Crippen LogP contribution in [0.4, 0.5) is 0 Å². The van der Waals surface area contributed by atoms with Gasteiger partial charge in [-0.25, -0.2) is 0 Å². The summed E-state index contributed by atoms with van der Waals surface area (Å²) in [7, 11) is 0. The van der Waals surface area contributed by atoms with Crippen LogP contribution in [0.15, 0.2) is 33.3 Å². The average molecular weight is 317 g/mol. The standard InChI is InChI=1S/C11H10BrN3O.ClH/c12-8-3-1-2-7(6-8)10-14-11(16-15-10)9-4-5-13-9;/h1-3,6,9,13H,4-5H2;1H/t9-;/m1./s1. The molecular weight excluding hydrogens is 305 g/mol. The molecule has 2 aromatic rings. The van der Waals surface area contributed by atoms with Crippen molar-refractivity contribution in [1.82, 2.24) is 15.5 Å². The smallest absolute Gasteiger partial charge is 0.244 e. The maximum Gasteiger partial charge on any atom is 0.244 e. The van der Waals surface area contributed by atoms with Crippen LogP contribution < -0.4 is 5.32 Å². The van der Waals surface area contributed by atoms with Gasteiger partial charge >= 0.3 is 0 Å². The van der Waals surface area contributed by atoms with Crippen LogP contribution in [0, 0.1) is 0 Å². The Balaban J connectivity index is 0.00000108. The molecule has 0 amide bonds. The Labute approximate surface area is 113 Å². The van der Waals surface area contributed by atoms with Crippen molar-refractivity contribution in [3.05, 3.63) is 34.6 Å². The second-order valence-electron chi connectivity index (χ2n) is 3.76. The van der Waals surface area contributed by atoms with Crippen LogP contribution in [0.2, 0.25) is 0 Å². The van der Waals surface area contributed by atoms with Gasteiger partial charge in [0, 0.05) is 10.0 Å². The molecule has 90 valence electrons. The summed E-state index contributed by atoms with van der Waals surface area (Å²) >= 11 is 3.42. The molecule has 1 saturated heterocycles. The van der Waals surface area contributed by atoms with E-state index in [9.17, 15) is 0 Å². The summed E-state index contributed by atoms with van der Waals surface area (Å²) in [5.41, 5.74) is 0.962. The normalized spacial score (nSPS) is 18.3. The fourth-order valence-corrected chi connectivity index (χ4v) is 2.02. The molecule has 6 heteroatoms. The predicted molar refractivity (Wildman–Crippen MR) is 70.0 cm³/mol. The number of aromatic nitrogens is 2. The van der Waals surface area contributed by atoms with E-state index >= 15 is 0 Å². The summed E-state index contributed by atoms with van der Waals surface area (Å²) in [5.74, 6) is 1.33. The highest BCUT2D eigenvalue weighted by Gasteiger charge is 2.24. The van der Waals surface area contributed by atoms with Gasteiger partial charge in [-0.05, 0) is 25.1 Å². The van der Waals surface area contributed by atoms with Crippen molar-refractivity contribution < 1.29 is 4.52 Å². The monoisotopic (exact) mass is 315 g/mol. The maximum atomic E-state index is 5.22. The predicted octanol–water partition coefficient (Wildman–Crippen LogP) is 2.96. The van der Waals surface area contributed by atoms with Crippen LogP contribution in [0.3, 0.4) is 0 Å². The molecule has 0 bridgehead atoms. The molecule has 17 heavy (non-hydrogen) atoms. The number of benzene rings is 1. The lowest BCUT2D eigenvalue weighted by Crippen LogP contribution is -2.35. The van der Waals surface area contributed by atoms with Gasteiger partial charge in [0.25, 0.3) is 0 Å². The Kier molecular flexibility index (Phi) is 3.81. The molecule has 1 aromatic heterocycles. The molecule has 0 aliphatic carbocycles. The Morgan fingerprint density at radius 1 is 1.41 bits per heavy atom. The lowest BCUT2D eigenvalue weighted by molar-refractivity contribution is 0.273. The van der Waals surface area contributed by atoms with E-state index in [2.05, 4.69) is 31.4 Å². The third-order valence-corrected chi connectivity index (χ3v) is 3.14. The second-order valence-corrected chi connectivity index (χ2v) is 4.68. The van der Waals surface area contributed by atoms with Crippen LogP contribution in [0.25, 0.3) is 11.4 Å². The molecule has 1 aromatic carbocycles. The average Bonchev–Trinajstić information content (AvgIpc) is 2.64. The molecule has 1 N–H and O–H groups in total. The van der Waals surface area contributed by atoms with Gasteiger partial charge in [0.15, 0.2) is 0 Å². The van der Waals surface area contributed by atoms with Crippen LogP contribution >= 0.6 is 28.3 Å². The minimum atomic E-state index is 0. The van der Waals surface area contributed by atoms with Crippen molar-refractivity contribution in [3.8, 4) is 11.4 Å². The van der Waals surface area contributed by atoms with Gasteiger partial charge in [-0.3, -0.25) is 0 Å². The van der Waals surface area contributed by atoms with Crippen molar-refractivity contribution in [1.29, 1.82) is 0 Å². The van der Waals surface area contributed by atoms with Crippen LogP contribution in [-0.2, 0) is 0 Å². The molecule has 1 aliphatic rings. The quantitative estimate of drug-likeness (QED) is 0.925. The van der Waals surface area contributed by atoms with Gasteiger partial charge in [0.1, 0.15) is 0 Å². The van der Waals surface area contributed by atoms with Gasteiger partial charge in [0.05, 0.1) is 6.04 Å². The van der Waals surface area contributed by atoms with Crippen LogP contribution in [-0.4, -0.2) is 16.7 Å². The van der Waals surface area contributed by atoms with E-state index in [0.29, 0.717) is 11.7 Å². The zero-order valence-electron chi connectivity index (χ0n) is 8.89. The molecule has 3 rings (SSSR count). The van der Waals surface area contributed by atoms with Gasteiger partial charge in [-0.15, -0.1) is 12.4 Å². The van der Waals surface area contributed by atoms with Crippen molar-refractivity contribution in [2.45, 2.75) is 12.5 Å². The molecule has 2 heterocycles. The van der Waals surface area contributed by atoms with E-state index in [1.807, 2.05) is 24.3 Å². The van der Waals surface area contributed by atoms with Crippen LogP contribution in [0.5, 0.6) is 0 Å². The molecule has 0 saturated carbocycles. The van der Waals surface area contributed by atoms with Gasteiger partial charge in [-0.1, -0.05) is 33.2 Å². The zero-order chi connectivity index (χ0) is 11.0.